The fourth-order valence-corrected chi connectivity index (χ4v) is 0.700. The van der Waals surface area contributed by atoms with E-state index in [-0.39, 0.29) is 0 Å². The Morgan fingerprint density at radius 3 is 3.09 bits per heavy atom. The summed E-state index contributed by atoms with van der Waals surface area (Å²) in [5.41, 5.74) is 5.27. The number of hydrogen-bond acceptors (Lipinski definition) is 3. The van der Waals surface area contributed by atoms with Gasteiger partial charge in [0.1, 0.15) is 6.61 Å². The first kappa shape index (κ1) is 7.88. The Labute approximate surface area is 66.2 Å². The summed E-state index contributed by atoms with van der Waals surface area (Å²) in [6.45, 7) is 1.08. The SMILES string of the molecule is NCCOC1=CC=CC=CN1. The van der Waals surface area contributed by atoms with Gasteiger partial charge in [-0.15, -0.1) is 0 Å². The second kappa shape index (κ2) is 4.57. The quantitative estimate of drug-likeness (QED) is 0.618. The monoisotopic (exact) mass is 152 g/mol. The van der Waals surface area contributed by atoms with Crippen molar-refractivity contribution in [2.24, 2.45) is 5.73 Å². The van der Waals surface area contributed by atoms with E-state index in [1.165, 1.54) is 0 Å². The third-order valence-electron chi connectivity index (χ3n) is 1.17. The predicted molar refractivity (Wildman–Crippen MR) is 44.5 cm³/mol. The highest BCUT2D eigenvalue weighted by atomic mass is 16.5. The molecule has 0 amide bonds. The summed E-state index contributed by atoms with van der Waals surface area (Å²) in [7, 11) is 0. The second-order valence-electron chi connectivity index (χ2n) is 2.06. The molecule has 60 valence electrons. The molecule has 0 aliphatic carbocycles. The van der Waals surface area contributed by atoms with E-state index in [2.05, 4.69) is 5.32 Å². The van der Waals surface area contributed by atoms with Gasteiger partial charge >= 0.3 is 0 Å². The van der Waals surface area contributed by atoms with Crippen molar-refractivity contribution >= 4 is 0 Å². The molecule has 3 nitrogen and oxygen atoms in total. The maximum atomic E-state index is 5.27. The van der Waals surface area contributed by atoms with Crippen molar-refractivity contribution in [2.75, 3.05) is 13.2 Å². The van der Waals surface area contributed by atoms with E-state index in [0.29, 0.717) is 13.2 Å². The standard InChI is InChI=1S/C8H12N2O/c9-5-7-11-8-4-2-1-3-6-10-8/h1-4,6,10H,5,7,9H2. The van der Waals surface area contributed by atoms with Crippen LogP contribution in [0.1, 0.15) is 0 Å². The van der Waals surface area contributed by atoms with E-state index in [4.69, 9.17) is 10.5 Å². The van der Waals surface area contributed by atoms with Gasteiger partial charge in [0.25, 0.3) is 0 Å². The van der Waals surface area contributed by atoms with Gasteiger partial charge in [-0.25, -0.2) is 0 Å². The molecule has 1 rings (SSSR count). The maximum Gasteiger partial charge on any atom is 0.190 e. The Hall–Kier alpha value is -1.22. The molecule has 0 aromatic heterocycles. The molecule has 0 bridgehead atoms. The van der Waals surface area contributed by atoms with E-state index in [1.54, 1.807) is 0 Å². The first-order valence-corrected chi connectivity index (χ1v) is 3.56. The van der Waals surface area contributed by atoms with Crippen molar-refractivity contribution in [3.8, 4) is 0 Å². The number of hydrogen-bond donors (Lipinski definition) is 2. The molecule has 0 radical (unpaired) electrons. The van der Waals surface area contributed by atoms with Crippen LogP contribution in [-0.4, -0.2) is 13.2 Å². The molecule has 0 aromatic rings. The van der Waals surface area contributed by atoms with Crippen LogP contribution < -0.4 is 11.1 Å². The molecule has 3 heteroatoms. The van der Waals surface area contributed by atoms with E-state index in [0.717, 1.165) is 5.88 Å². The molecule has 1 heterocycles. The van der Waals surface area contributed by atoms with Crippen molar-refractivity contribution in [1.29, 1.82) is 0 Å². The minimum absolute atomic E-state index is 0.534. The summed E-state index contributed by atoms with van der Waals surface area (Å²) < 4.78 is 5.23. The predicted octanol–water partition coefficient (Wildman–Crippen LogP) is 0.476. The summed E-state index contributed by atoms with van der Waals surface area (Å²) in [5, 5.41) is 2.96. The van der Waals surface area contributed by atoms with Gasteiger partial charge in [-0.2, -0.15) is 0 Å². The summed E-state index contributed by atoms with van der Waals surface area (Å²) in [6, 6.07) is 0. The smallest absolute Gasteiger partial charge is 0.190 e. The van der Waals surface area contributed by atoms with E-state index < -0.39 is 0 Å². The minimum Gasteiger partial charge on any atom is -0.478 e. The Balaban J connectivity index is 2.38. The Morgan fingerprint density at radius 2 is 2.27 bits per heavy atom. The Morgan fingerprint density at radius 1 is 1.36 bits per heavy atom. The van der Waals surface area contributed by atoms with Gasteiger partial charge in [0.15, 0.2) is 5.88 Å². The lowest BCUT2D eigenvalue weighted by Gasteiger charge is -2.06. The van der Waals surface area contributed by atoms with Gasteiger partial charge < -0.3 is 15.8 Å². The molecule has 0 spiro atoms. The zero-order valence-electron chi connectivity index (χ0n) is 6.29. The van der Waals surface area contributed by atoms with Crippen LogP contribution in [-0.2, 0) is 4.74 Å². The summed E-state index contributed by atoms with van der Waals surface area (Å²) >= 11 is 0. The van der Waals surface area contributed by atoms with Gasteiger partial charge in [0, 0.05) is 12.7 Å². The van der Waals surface area contributed by atoms with Crippen LogP contribution in [0.3, 0.4) is 0 Å². The highest BCUT2D eigenvalue weighted by Gasteiger charge is 1.92. The zero-order valence-corrected chi connectivity index (χ0v) is 6.29. The first-order valence-electron chi connectivity index (χ1n) is 3.56. The van der Waals surface area contributed by atoms with Crippen LogP contribution in [0.25, 0.3) is 0 Å². The van der Waals surface area contributed by atoms with Crippen molar-refractivity contribution in [2.45, 2.75) is 0 Å². The molecule has 1 aliphatic heterocycles. The second-order valence-corrected chi connectivity index (χ2v) is 2.06. The minimum atomic E-state index is 0.534. The van der Waals surface area contributed by atoms with Crippen molar-refractivity contribution in [1.82, 2.24) is 5.32 Å². The summed E-state index contributed by atoms with van der Waals surface area (Å²) in [4.78, 5) is 0. The van der Waals surface area contributed by atoms with Crippen LogP contribution in [0.5, 0.6) is 0 Å². The summed E-state index contributed by atoms with van der Waals surface area (Å²) in [6.07, 6.45) is 9.39. The van der Waals surface area contributed by atoms with Gasteiger partial charge in [0.2, 0.25) is 0 Å². The van der Waals surface area contributed by atoms with Crippen LogP contribution in [0.2, 0.25) is 0 Å². The zero-order chi connectivity index (χ0) is 7.94. The van der Waals surface area contributed by atoms with Crippen molar-refractivity contribution in [3.63, 3.8) is 0 Å². The number of allylic oxidation sites excluding steroid dienone is 4. The van der Waals surface area contributed by atoms with Gasteiger partial charge in [-0.05, 0) is 12.2 Å². The van der Waals surface area contributed by atoms with Crippen molar-refractivity contribution in [3.05, 3.63) is 36.4 Å². The lowest BCUT2D eigenvalue weighted by atomic mass is 10.5. The molecule has 11 heavy (non-hydrogen) atoms. The molecule has 3 N–H and O–H groups in total. The van der Waals surface area contributed by atoms with Crippen LogP contribution in [0, 0.1) is 0 Å². The highest BCUT2D eigenvalue weighted by molar-refractivity contribution is 5.17. The highest BCUT2D eigenvalue weighted by Crippen LogP contribution is 1.96. The molecule has 0 unspecified atom stereocenters. The van der Waals surface area contributed by atoms with Gasteiger partial charge in [-0.3, -0.25) is 0 Å². The van der Waals surface area contributed by atoms with E-state index >= 15 is 0 Å². The largest absolute Gasteiger partial charge is 0.478 e. The fraction of sp³-hybridized carbons (Fsp3) is 0.250. The van der Waals surface area contributed by atoms with Gasteiger partial charge in [-0.1, -0.05) is 12.2 Å². The molecule has 0 fully saturated rings. The molecule has 0 aromatic carbocycles. The Kier molecular flexibility index (Phi) is 3.28. The van der Waals surface area contributed by atoms with Crippen molar-refractivity contribution < 1.29 is 4.74 Å². The number of ether oxygens (including phenoxy) is 1. The lowest BCUT2D eigenvalue weighted by Crippen LogP contribution is -2.14. The molecule has 0 atom stereocenters. The van der Waals surface area contributed by atoms with Gasteiger partial charge in [0.05, 0.1) is 0 Å². The molecular weight excluding hydrogens is 140 g/mol. The van der Waals surface area contributed by atoms with Crippen LogP contribution in [0.4, 0.5) is 0 Å². The molecule has 0 saturated heterocycles. The maximum absolute atomic E-state index is 5.27. The van der Waals surface area contributed by atoms with Crippen LogP contribution >= 0.6 is 0 Å². The van der Waals surface area contributed by atoms with E-state index in [1.807, 2.05) is 30.5 Å². The molecular formula is C8H12N2O. The average molecular weight is 152 g/mol. The Bertz CT molecular complexity index is 194. The third-order valence-corrected chi connectivity index (χ3v) is 1.17. The summed E-state index contributed by atoms with van der Waals surface area (Å²) in [5.74, 6) is 0.737. The van der Waals surface area contributed by atoms with E-state index in [9.17, 15) is 0 Å². The fourth-order valence-electron chi connectivity index (χ4n) is 0.700. The first-order chi connectivity index (χ1) is 5.43. The number of nitrogens with one attached hydrogen (secondary N) is 1. The average Bonchev–Trinajstić information content (AvgIpc) is 2.28. The lowest BCUT2D eigenvalue weighted by molar-refractivity contribution is 0.206. The molecule has 1 aliphatic rings. The molecule has 0 saturated carbocycles. The number of rotatable bonds is 3. The normalized spacial score (nSPS) is 15.2. The topological polar surface area (TPSA) is 47.3 Å². The number of nitrogens with two attached hydrogens (primary N) is 1. The van der Waals surface area contributed by atoms with Crippen LogP contribution in [0.15, 0.2) is 36.4 Å². The third kappa shape index (κ3) is 2.91.